The Morgan fingerprint density at radius 2 is 2.44 bits per heavy atom. The number of anilines is 1. The molecule has 1 saturated heterocycles. The fraction of sp³-hybridized carbons (Fsp3) is 0.583. The molecule has 2 heterocycles. The van der Waals surface area contributed by atoms with E-state index in [9.17, 15) is 0 Å². The molecule has 4 heteroatoms. The van der Waals surface area contributed by atoms with Crippen LogP contribution in [0.4, 0.5) is 5.69 Å². The number of aromatic nitrogens is 1. The lowest BCUT2D eigenvalue weighted by atomic mass is 10.1. The van der Waals surface area contributed by atoms with Crippen molar-refractivity contribution < 1.29 is 9.84 Å². The number of morpholine rings is 1. The lowest BCUT2D eigenvalue weighted by molar-refractivity contribution is -0.0103. The van der Waals surface area contributed by atoms with E-state index in [0.717, 1.165) is 12.1 Å². The van der Waals surface area contributed by atoms with Crippen molar-refractivity contribution in [2.45, 2.75) is 26.0 Å². The van der Waals surface area contributed by atoms with Crippen LogP contribution in [0, 0.1) is 6.92 Å². The van der Waals surface area contributed by atoms with Gasteiger partial charge in [0.25, 0.3) is 0 Å². The van der Waals surface area contributed by atoms with Crippen LogP contribution >= 0.6 is 0 Å². The first-order valence-electron chi connectivity index (χ1n) is 5.62. The highest BCUT2D eigenvalue weighted by Gasteiger charge is 2.26. The van der Waals surface area contributed by atoms with E-state index in [2.05, 4.69) is 23.7 Å². The lowest BCUT2D eigenvalue weighted by Crippen LogP contribution is -2.49. The molecule has 0 aromatic carbocycles. The molecule has 2 atom stereocenters. The number of ether oxygens (including phenoxy) is 1. The molecule has 0 radical (unpaired) electrons. The van der Waals surface area contributed by atoms with Crippen molar-refractivity contribution in [3.63, 3.8) is 0 Å². The SMILES string of the molecule is Cc1cnccc1N1CC(CO)OCC1C. The van der Waals surface area contributed by atoms with Crippen molar-refractivity contribution in [2.24, 2.45) is 0 Å². The van der Waals surface area contributed by atoms with Crippen molar-refractivity contribution in [1.82, 2.24) is 4.98 Å². The maximum absolute atomic E-state index is 9.15. The highest BCUT2D eigenvalue weighted by Crippen LogP contribution is 2.24. The normalized spacial score (nSPS) is 25.8. The van der Waals surface area contributed by atoms with E-state index < -0.39 is 0 Å². The molecule has 0 spiro atoms. The van der Waals surface area contributed by atoms with E-state index >= 15 is 0 Å². The van der Waals surface area contributed by atoms with Gasteiger partial charge in [0.2, 0.25) is 0 Å². The van der Waals surface area contributed by atoms with Crippen LogP contribution in [0.5, 0.6) is 0 Å². The van der Waals surface area contributed by atoms with Gasteiger partial charge < -0.3 is 14.7 Å². The van der Waals surface area contributed by atoms with Gasteiger partial charge >= 0.3 is 0 Å². The molecule has 16 heavy (non-hydrogen) atoms. The fourth-order valence-corrected chi connectivity index (χ4v) is 2.05. The summed E-state index contributed by atoms with van der Waals surface area (Å²) in [6, 6.07) is 2.36. The van der Waals surface area contributed by atoms with Gasteiger partial charge in [-0.05, 0) is 25.5 Å². The second-order valence-electron chi connectivity index (χ2n) is 4.30. The van der Waals surface area contributed by atoms with Crippen molar-refractivity contribution in [1.29, 1.82) is 0 Å². The Morgan fingerprint density at radius 1 is 1.62 bits per heavy atom. The summed E-state index contributed by atoms with van der Waals surface area (Å²) < 4.78 is 5.52. The Hall–Kier alpha value is -1.13. The quantitative estimate of drug-likeness (QED) is 0.810. The highest BCUT2D eigenvalue weighted by atomic mass is 16.5. The average Bonchev–Trinajstić information content (AvgIpc) is 2.31. The molecular weight excluding hydrogens is 204 g/mol. The molecule has 0 saturated carbocycles. The van der Waals surface area contributed by atoms with E-state index in [1.165, 1.54) is 5.69 Å². The van der Waals surface area contributed by atoms with Crippen LogP contribution in [0.15, 0.2) is 18.5 Å². The maximum atomic E-state index is 9.15. The fourth-order valence-electron chi connectivity index (χ4n) is 2.05. The van der Waals surface area contributed by atoms with E-state index in [1.54, 1.807) is 6.20 Å². The zero-order valence-electron chi connectivity index (χ0n) is 9.76. The minimum Gasteiger partial charge on any atom is -0.394 e. The second-order valence-corrected chi connectivity index (χ2v) is 4.30. The first-order valence-corrected chi connectivity index (χ1v) is 5.62. The van der Waals surface area contributed by atoms with Gasteiger partial charge in [0.05, 0.1) is 19.3 Å². The van der Waals surface area contributed by atoms with Crippen molar-refractivity contribution in [3.05, 3.63) is 24.0 Å². The molecular formula is C12H18N2O2. The molecule has 2 rings (SSSR count). The van der Waals surface area contributed by atoms with Gasteiger partial charge in [-0.25, -0.2) is 0 Å². The largest absolute Gasteiger partial charge is 0.394 e. The monoisotopic (exact) mass is 222 g/mol. The molecule has 0 amide bonds. The van der Waals surface area contributed by atoms with Crippen LogP contribution in [0.25, 0.3) is 0 Å². The number of aryl methyl sites for hydroxylation is 1. The first-order chi connectivity index (χ1) is 7.72. The zero-order chi connectivity index (χ0) is 11.5. The summed E-state index contributed by atoms with van der Waals surface area (Å²) in [5, 5.41) is 9.15. The molecule has 1 N–H and O–H groups in total. The highest BCUT2D eigenvalue weighted by molar-refractivity contribution is 5.52. The van der Waals surface area contributed by atoms with E-state index in [1.807, 2.05) is 12.3 Å². The van der Waals surface area contributed by atoms with Crippen LogP contribution in [-0.4, -0.2) is 42.0 Å². The van der Waals surface area contributed by atoms with Crippen molar-refractivity contribution >= 4 is 5.69 Å². The summed E-state index contributed by atoms with van der Waals surface area (Å²) >= 11 is 0. The third kappa shape index (κ3) is 2.18. The number of nitrogens with zero attached hydrogens (tertiary/aromatic N) is 2. The number of aliphatic hydroxyl groups excluding tert-OH is 1. The summed E-state index contributed by atoms with van der Waals surface area (Å²) in [5.74, 6) is 0. The molecule has 88 valence electrons. The predicted molar refractivity (Wildman–Crippen MR) is 62.6 cm³/mol. The molecule has 1 aliphatic rings. The molecule has 2 unspecified atom stereocenters. The Balaban J connectivity index is 2.21. The van der Waals surface area contributed by atoms with Crippen LogP contribution in [0.1, 0.15) is 12.5 Å². The van der Waals surface area contributed by atoms with Crippen LogP contribution < -0.4 is 4.90 Å². The summed E-state index contributed by atoms with van der Waals surface area (Å²) in [5.41, 5.74) is 2.34. The molecule has 4 nitrogen and oxygen atoms in total. The second kappa shape index (κ2) is 4.80. The van der Waals surface area contributed by atoms with Gasteiger partial charge in [0, 0.05) is 30.7 Å². The predicted octanol–water partition coefficient (Wildman–Crippen LogP) is 0.976. The Labute approximate surface area is 95.9 Å². The van der Waals surface area contributed by atoms with E-state index in [-0.39, 0.29) is 12.7 Å². The van der Waals surface area contributed by atoms with Gasteiger partial charge in [-0.3, -0.25) is 4.98 Å². The van der Waals surface area contributed by atoms with E-state index in [4.69, 9.17) is 9.84 Å². The summed E-state index contributed by atoms with van der Waals surface area (Å²) in [7, 11) is 0. The standard InChI is InChI=1S/C12H18N2O2/c1-9-5-13-4-3-12(9)14-6-11(7-15)16-8-10(14)2/h3-5,10-11,15H,6-8H2,1-2H3. The molecule has 0 aliphatic carbocycles. The number of aliphatic hydroxyl groups is 1. The number of hydrogen-bond donors (Lipinski definition) is 1. The zero-order valence-corrected chi connectivity index (χ0v) is 9.76. The van der Waals surface area contributed by atoms with Gasteiger partial charge in [0.1, 0.15) is 0 Å². The Morgan fingerprint density at radius 3 is 3.12 bits per heavy atom. The number of rotatable bonds is 2. The third-order valence-corrected chi connectivity index (χ3v) is 3.01. The number of hydrogen-bond acceptors (Lipinski definition) is 4. The average molecular weight is 222 g/mol. The number of pyridine rings is 1. The van der Waals surface area contributed by atoms with Gasteiger partial charge in [-0.1, -0.05) is 0 Å². The van der Waals surface area contributed by atoms with Crippen LogP contribution in [0.2, 0.25) is 0 Å². The molecule has 0 bridgehead atoms. The Bertz CT molecular complexity index is 357. The van der Waals surface area contributed by atoms with Gasteiger partial charge in [0.15, 0.2) is 0 Å². The molecule has 1 aromatic rings. The van der Waals surface area contributed by atoms with Gasteiger partial charge in [-0.15, -0.1) is 0 Å². The minimum atomic E-state index is -0.0798. The van der Waals surface area contributed by atoms with Crippen LogP contribution in [0.3, 0.4) is 0 Å². The van der Waals surface area contributed by atoms with Crippen LogP contribution in [-0.2, 0) is 4.74 Å². The summed E-state index contributed by atoms with van der Waals surface area (Å²) in [6.07, 6.45) is 3.59. The Kier molecular flexibility index (Phi) is 3.41. The van der Waals surface area contributed by atoms with Gasteiger partial charge in [-0.2, -0.15) is 0 Å². The topological polar surface area (TPSA) is 45.6 Å². The first kappa shape index (κ1) is 11.4. The maximum Gasteiger partial charge on any atom is 0.0981 e. The molecule has 1 fully saturated rings. The minimum absolute atomic E-state index is 0.0767. The summed E-state index contributed by atoms with van der Waals surface area (Å²) in [6.45, 7) is 5.66. The smallest absolute Gasteiger partial charge is 0.0981 e. The summed E-state index contributed by atoms with van der Waals surface area (Å²) in [4.78, 5) is 6.38. The van der Waals surface area contributed by atoms with Crippen molar-refractivity contribution in [3.8, 4) is 0 Å². The van der Waals surface area contributed by atoms with E-state index in [0.29, 0.717) is 12.6 Å². The third-order valence-electron chi connectivity index (χ3n) is 3.01. The lowest BCUT2D eigenvalue weighted by Gasteiger charge is -2.39. The van der Waals surface area contributed by atoms with Crippen molar-refractivity contribution in [2.75, 3.05) is 24.7 Å². The molecule has 1 aromatic heterocycles. The molecule has 1 aliphatic heterocycles.